The van der Waals surface area contributed by atoms with Crippen LogP contribution in [0.25, 0.3) is 0 Å². The van der Waals surface area contributed by atoms with Gasteiger partial charge in [-0.25, -0.2) is 0 Å². The normalized spacial score (nSPS) is 10.7. The molecule has 6 heteroatoms. The van der Waals surface area contributed by atoms with E-state index < -0.39 is 0 Å². The molecule has 20 heavy (non-hydrogen) atoms. The summed E-state index contributed by atoms with van der Waals surface area (Å²) in [6, 6.07) is 13.9. The molecule has 0 spiro atoms. The van der Waals surface area contributed by atoms with Crippen LogP contribution in [0.4, 0.5) is 5.88 Å². The molecule has 1 aromatic carbocycles. The first-order chi connectivity index (χ1) is 9.65. The van der Waals surface area contributed by atoms with Crippen LogP contribution in [0.15, 0.2) is 52.0 Å². The maximum Gasteiger partial charge on any atom is 0.196 e. The lowest BCUT2D eigenvalue weighted by Gasteiger charge is -2.15. The van der Waals surface area contributed by atoms with Crippen molar-refractivity contribution in [3.8, 4) is 0 Å². The third-order valence-corrected chi connectivity index (χ3v) is 2.71. The Hall–Kier alpha value is -2.34. The number of furan rings is 1. The lowest BCUT2D eigenvalue weighted by atomic mass is 10.2. The monoisotopic (exact) mass is 288 g/mol. The molecular weight excluding hydrogens is 272 g/mol. The van der Waals surface area contributed by atoms with Gasteiger partial charge in [0.05, 0.1) is 6.21 Å². The Morgan fingerprint density at radius 2 is 2.10 bits per heavy atom. The Balaban J connectivity index is 1.97. The van der Waals surface area contributed by atoms with Crippen molar-refractivity contribution in [2.75, 3.05) is 11.9 Å². The maximum absolute atomic E-state index is 5.65. The quantitative estimate of drug-likeness (QED) is 0.501. The Kier molecular flexibility index (Phi) is 4.73. The van der Waals surface area contributed by atoms with Crippen molar-refractivity contribution in [3.05, 3.63) is 53.8 Å². The third-order valence-electron chi connectivity index (χ3n) is 2.62. The number of anilines is 1. The van der Waals surface area contributed by atoms with Gasteiger partial charge in [-0.15, -0.1) is 0 Å². The smallest absolute Gasteiger partial charge is 0.196 e. The summed E-state index contributed by atoms with van der Waals surface area (Å²) >= 11 is 4.64. The molecule has 0 atom stereocenters. The minimum Gasteiger partial charge on any atom is -0.440 e. The number of benzene rings is 1. The number of hydrogen-bond acceptors (Lipinski definition) is 4. The van der Waals surface area contributed by atoms with Crippen LogP contribution >= 0.6 is 12.2 Å². The van der Waals surface area contributed by atoms with E-state index in [-0.39, 0.29) is 5.11 Å². The Morgan fingerprint density at radius 1 is 1.35 bits per heavy atom. The summed E-state index contributed by atoms with van der Waals surface area (Å²) in [4.78, 5) is 2.02. The van der Waals surface area contributed by atoms with Gasteiger partial charge in [0.25, 0.3) is 0 Å². The van der Waals surface area contributed by atoms with Crippen molar-refractivity contribution in [2.24, 2.45) is 10.8 Å². The van der Waals surface area contributed by atoms with Crippen LogP contribution in [0.2, 0.25) is 0 Å². The summed E-state index contributed by atoms with van der Waals surface area (Å²) < 4.78 is 5.65. The van der Waals surface area contributed by atoms with E-state index in [0.717, 1.165) is 12.4 Å². The molecule has 0 saturated carbocycles. The van der Waals surface area contributed by atoms with Gasteiger partial charge in [-0.1, -0.05) is 30.3 Å². The zero-order valence-corrected chi connectivity index (χ0v) is 11.9. The molecule has 0 fully saturated rings. The van der Waals surface area contributed by atoms with Crippen molar-refractivity contribution < 1.29 is 4.42 Å². The first-order valence-electron chi connectivity index (χ1n) is 6.08. The highest BCUT2D eigenvalue weighted by Crippen LogP contribution is 2.18. The van der Waals surface area contributed by atoms with Crippen molar-refractivity contribution in [1.82, 2.24) is 5.43 Å². The molecule has 0 radical (unpaired) electrons. The van der Waals surface area contributed by atoms with Crippen LogP contribution in [0.5, 0.6) is 0 Å². The Labute approximate surface area is 123 Å². The molecule has 0 aliphatic rings. The number of hydrogen-bond donors (Lipinski definition) is 2. The average Bonchev–Trinajstić information content (AvgIpc) is 2.88. The minimum atomic E-state index is 0.120. The van der Waals surface area contributed by atoms with Crippen molar-refractivity contribution in [1.29, 1.82) is 0 Å². The standard InChI is InChI=1S/C14H16N4OS/c1-18(10-11-5-3-2-4-6-11)13-8-7-12(19-13)9-16-17-14(15)20/h2-9H,10H2,1H3,(H3,15,17,20). The maximum atomic E-state index is 5.65. The summed E-state index contributed by atoms with van der Waals surface area (Å²) in [6.45, 7) is 0.774. The fourth-order valence-electron chi connectivity index (χ4n) is 1.71. The van der Waals surface area contributed by atoms with Crippen LogP contribution in [-0.2, 0) is 6.54 Å². The number of nitrogens with one attached hydrogen (secondary N) is 1. The second kappa shape index (κ2) is 6.72. The van der Waals surface area contributed by atoms with Gasteiger partial charge in [0.15, 0.2) is 11.0 Å². The number of rotatable bonds is 5. The lowest BCUT2D eigenvalue weighted by Crippen LogP contribution is -2.23. The topological polar surface area (TPSA) is 66.8 Å². The fourth-order valence-corrected chi connectivity index (χ4v) is 1.76. The molecule has 0 unspecified atom stereocenters. The van der Waals surface area contributed by atoms with Crippen LogP contribution in [0.3, 0.4) is 0 Å². The molecule has 0 bridgehead atoms. The predicted octanol–water partition coefficient (Wildman–Crippen LogP) is 2.08. The van der Waals surface area contributed by atoms with Crippen molar-refractivity contribution in [3.63, 3.8) is 0 Å². The largest absolute Gasteiger partial charge is 0.440 e. The van der Waals surface area contributed by atoms with E-state index in [1.54, 1.807) is 0 Å². The second-order valence-corrected chi connectivity index (χ2v) is 4.69. The Bertz CT molecular complexity index is 594. The molecule has 0 aliphatic carbocycles. The minimum absolute atomic E-state index is 0.120. The van der Waals surface area contributed by atoms with Gasteiger partial charge in [0.2, 0.25) is 0 Å². The van der Waals surface area contributed by atoms with E-state index in [0.29, 0.717) is 5.76 Å². The summed E-state index contributed by atoms with van der Waals surface area (Å²) in [5.41, 5.74) is 8.96. The van der Waals surface area contributed by atoms with Gasteiger partial charge in [0, 0.05) is 19.7 Å². The molecule has 1 heterocycles. The number of hydrazone groups is 1. The molecule has 0 aliphatic heterocycles. The van der Waals surface area contributed by atoms with E-state index in [1.165, 1.54) is 11.8 Å². The molecule has 2 aromatic rings. The lowest BCUT2D eigenvalue weighted by molar-refractivity contribution is 0.548. The van der Waals surface area contributed by atoms with Gasteiger partial charge in [0.1, 0.15) is 5.76 Å². The highest BCUT2D eigenvalue weighted by Gasteiger charge is 2.06. The average molecular weight is 288 g/mol. The zero-order valence-electron chi connectivity index (χ0n) is 11.1. The third kappa shape index (κ3) is 4.10. The molecule has 3 N–H and O–H groups in total. The van der Waals surface area contributed by atoms with Crippen molar-refractivity contribution >= 4 is 29.4 Å². The molecular formula is C14H16N4OS. The first kappa shape index (κ1) is 14.1. The zero-order chi connectivity index (χ0) is 14.4. The highest BCUT2D eigenvalue weighted by molar-refractivity contribution is 7.80. The van der Waals surface area contributed by atoms with Gasteiger partial charge in [-0.2, -0.15) is 5.10 Å². The van der Waals surface area contributed by atoms with Gasteiger partial charge >= 0.3 is 0 Å². The summed E-state index contributed by atoms with van der Waals surface area (Å²) in [5.74, 6) is 1.40. The van der Waals surface area contributed by atoms with E-state index in [2.05, 4.69) is 34.9 Å². The molecule has 104 valence electrons. The van der Waals surface area contributed by atoms with Crippen LogP contribution < -0.4 is 16.1 Å². The summed E-state index contributed by atoms with van der Waals surface area (Å²) in [5, 5.41) is 3.96. The van der Waals surface area contributed by atoms with Crippen LogP contribution in [0, 0.1) is 0 Å². The fraction of sp³-hybridized carbons (Fsp3) is 0.143. The van der Waals surface area contributed by atoms with Gasteiger partial charge in [-0.3, -0.25) is 5.43 Å². The summed E-state index contributed by atoms with van der Waals surface area (Å²) in [6.07, 6.45) is 1.53. The van der Waals surface area contributed by atoms with Gasteiger partial charge < -0.3 is 15.1 Å². The van der Waals surface area contributed by atoms with Crippen LogP contribution in [-0.4, -0.2) is 18.4 Å². The molecule has 5 nitrogen and oxygen atoms in total. The first-order valence-corrected chi connectivity index (χ1v) is 6.49. The molecule has 1 aromatic heterocycles. The molecule has 0 amide bonds. The number of nitrogens with zero attached hydrogens (tertiary/aromatic N) is 2. The van der Waals surface area contributed by atoms with Crippen molar-refractivity contribution in [2.45, 2.75) is 6.54 Å². The SMILES string of the molecule is CN(Cc1ccccc1)c1ccc(C=NNC(N)=S)o1. The van der Waals surface area contributed by atoms with E-state index >= 15 is 0 Å². The van der Waals surface area contributed by atoms with E-state index in [4.69, 9.17) is 10.2 Å². The van der Waals surface area contributed by atoms with Crippen LogP contribution in [0.1, 0.15) is 11.3 Å². The van der Waals surface area contributed by atoms with E-state index in [9.17, 15) is 0 Å². The molecule has 2 rings (SSSR count). The predicted molar refractivity (Wildman–Crippen MR) is 84.8 cm³/mol. The highest BCUT2D eigenvalue weighted by atomic mass is 32.1. The number of thiocarbonyl (C=S) groups is 1. The van der Waals surface area contributed by atoms with Gasteiger partial charge in [-0.05, 0) is 23.8 Å². The summed E-state index contributed by atoms with van der Waals surface area (Å²) in [7, 11) is 1.97. The van der Waals surface area contributed by atoms with E-state index in [1.807, 2.05) is 42.3 Å². The number of nitrogens with two attached hydrogens (primary N) is 1. The second-order valence-electron chi connectivity index (χ2n) is 4.25. The molecule has 0 saturated heterocycles. The Morgan fingerprint density at radius 3 is 2.80 bits per heavy atom.